The fourth-order valence-corrected chi connectivity index (χ4v) is 1.39. The van der Waals surface area contributed by atoms with Gasteiger partial charge in [0.2, 0.25) is 5.13 Å². The molecule has 0 saturated carbocycles. The van der Waals surface area contributed by atoms with E-state index in [2.05, 4.69) is 20.1 Å². The van der Waals surface area contributed by atoms with E-state index in [-0.39, 0.29) is 5.69 Å². The molecule has 1 heterocycles. The van der Waals surface area contributed by atoms with Crippen LogP contribution in [0.1, 0.15) is 0 Å². The molecule has 0 amide bonds. The minimum absolute atomic E-state index is 0.0254. The van der Waals surface area contributed by atoms with E-state index in [9.17, 15) is 10.1 Å². The van der Waals surface area contributed by atoms with Crippen LogP contribution in [0.15, 0.2) is 24.3 Å². The molecule has 0 spiro atoms. The van der Waals surface area contributed by atoms with E-state index in [0.29, 0.717) is 10.8 Å². The van der Waals surface area contributed by atoms with E-state index in [1.54, 1.807) is 12.1 Å². The third kappa shape index (κ3) is 2.23. The number of nitrogens with zero attached hydrogens (tertiary/aromatic N) is 4. The van der Waals surface area contributed by atoms with Crippen LogP contribution in [0.3, 0.4) is 0 Å². The highest BCUT2D eigenvalue weighted by Gasteiger charge is 2.06. The Morgan fingerprint density at radius 2 is 2.33 bits per heavy atom. The molecule has 0 radical (unpaired) electrons. The summed E-state index contributed by atoms with van der Waals surface area (Å²) in [4.78, 5) is 10.0. The average Bonchev–Trinajstić information content (AvgIpc) is 2.71. The maximum atomic E-state index is 10.5. The molecule has 76 valence electrons. The Kier molecular flexibility index (Phi) is 2.50. The van der Waals surface area contributed by atoms with Gasteiger partial charge in [-0.15, -0.1) is 0 Å². The number of nitro groups is 1. The van der Waals surface area contributed by atoms with Crippen LogP contribution in [0.2, 0.25) is 0 Å². The number of nitro benzene ring substituents is 1. The molecular formula is C7H5N5O2S. The monoisotopic (exact) mass is 223 g/mol. The van der Waals surface area contributed by atoms with Crippen molar-refractivity contribution in [2.45, 2.75) is 0 Å². The van der Waals surface area contributed by atoms with E-state index in [1.165, 1.54) is 12.1 Å². The van der Waals surface area contributed by atoms with Gasteiger partial charge in [0.15, 0.2) is 0 Å². The van der Waals surface area contributed by atoms with Crippen molar-refractivity contribution in [2.75, 3.05) is 5.32 Å². The van der Waals surface area contributed by atoms with Gasteiger partial charge in [0.1, 0.15) is 0 Å². The standard InChI is InChI=1S/C7H5N5O2S/c13-12(14)6-3-1-2-5(4-6)8-7-9-10-11-15-7/h1-4H,(H,8,9,11). The van der Waals surface area contributed by atoms with Crippen molar-refractivity contribution in [2.24, 2.45) is 0 Å². The lowest BCUT2D eigenvalue weighted by Crippen LogP contribution is -1.92. The van der Waals surface area contributed by atoms with E-state index in [1.807, 2.05) is 0 Å². The summed E-state index contributed by atoms with van der Waals surface area (Å²) in [5.74, 6) is 0. The SMILES string of the molecule is O=[N+]([O-])c1cccc(Nc2nnns2)c1. The summed E-state index contributed by atoms with van der Waals surface area (Å²) in [5, 5.41) is 20.9. The molecule has 1 aromatic heterocycles. The average molecular weight is 223 g/mol. The van der Waals surface area contributed by atoms with E-state index >= 15 is 0 Å². The second-order valence-electron chi connectivity index (χ2n) is 2.60. The van der Waals surface area contributed by atoms with Crippen LogP contribution in [0.5, 0.6) is 0 Å². The van der Waals surface area contributed by atoms with Crippen molar-refractivity contribution >= 4 is 28.0 Å². The summed E-state index contributed by atoms with van der Waals surface area (Å²) >= 11 is 1.08. The Labute approximate surface area is 88.1 Å². The number of nitrogens with one attached hydrogen (secondary N) is 1. The van der Waals surface area contributed by atoms with Gasteiger partial charge in [0.25, 0.3) is 5.69 Å². The molecule has 15 heavy (non-hydrogen) atoms. The van der Waals surface area contributed by atoms with Crippen LogP contribution in [0.4, 0.5) is 16.5 Å². The number of anilines is 2. The van der Waals surface area contributed by atoms with Gasteiger partial charge >= 0.3 is 0 Å². The summed E-state index contributed by atoms with van der Waals surface area (Å²) in [6, 6.07) is 6.13. The molecule has 2 aromatic rings. The molecule has 0 fully saturated rings. The Balaban J connectivity index is 2.22. The predicted molar refractivity (Wildman–Crippen MR) is 54.1 cm³/mol. The first-order chi connectivity index (χ1) is 7.25. The Morgan fingerprint density at radius 3 is 3.00 bits per heavy atom. The van der Waals surface area contributed by atoms with Gasteiger partial charge in [-0.05, 0) is 11.3 Å². The summed E-state index contributed by atoms with van der Waals surface area (Å²) < 4.78 is 3.56. The molecule has 0 bridgehead atoms. The number of hydrogen-bond acceptors (Lipinski definition) is 7. The lowest BCUT2D eigenvalue weighted by atomic mass is 10.3. The van der Waals surface area contributed by atoms with Crippen molar-refractivity contribution in [3.63, 3.8) is 0 Å². The third-order valence-electron chi connectivity index (χ3n) is 1.61. The quantitative estimate of drug-likeness (QED) is 0.627. The van der Waals surface area contributed by atoms with Crippen molar-refractivity contribution in [1.82, 2.24) is 14.8 Å². The first-order valence-corrected chi connectivity index (χ1v) is 4.69. The molecule has 7 nitrogen and oxygen atoms in total. The molecular weight excluding hydrogens is 218 g/mol. The molecule has 0 saturated heterocycles. The third-order valence-corrected chi connectivity index (χ3v) is 2.12. The van der Waals surface area contributed by atoms with Crippen LogP contribution in [-0.2, 0) is 0 Å². The normalized spacial score (nSPS) is 9.87. The van der Waals surface area contributed by atoms with E-state index in [4.69, 9.17) is 0 Å². The maximum Gasteiger partial charge on any atom is 0.271 e. The molecule has 0 aliphatic rings. The van der Waals surface area contributed by atoms with E-state index in [0.717, 1.165) is 11.5 Å². The summed E-state index contributed by atoms with van der Waals surface area (Å²) in [5.41, 5.74) is 0.611. The van der Waals surface area contributed by atoms with Gasteiger partial charge < -0.3 is 5.32 Å². The van der Waals surface area contributed by atoms with Crippen LogP contribution in [-0.4, -0.2) is 19.7 Å². The second kappa shape index (κ2) is 3.96. The maximum absolute atomic E-state index is 10.5. The Bertz CT molecular complexity index is 472. The number of aromatic nitrogens is 3. The molecule has 1 aromatic carbocycles. The molecule has 8 heteroatoms. The number of non-ortho nitro benzene ring substituents is 1. The highest BCUT2D eigenvalue weighted by atomic mass is 32.1. The fraction of sp³-hybridized carbons (Fsp3) is 0. The molecule has 0 aliphatic carbocycles. The summed E-state index contributed by atoms with van der Waals surface area (Å²) in [7, 11) is 0. The topological polar surface area (TPSA) is 93.8 Å². The molecule has 2 rings (SSSR count). The summed E-state index contributed by atoms with van der Waals surface area (Å²) in [6.45, 7) is 0. The highest BCUT2D eigenvalue weighted by Crippen LogP contribution is 2.20. The van der Waals surface area contributed by atoms with Crippen molar-refractivity contribution in [3.05, 3.63) is 34.4 Å². The minimum Gasteiger partial charge on any atom is -0.329 e. The van der Waals surface area contributed by atoms with Crippen molar-refractivity contribution in [1.29, 1.82) is 0 Å². The highest BCUT2D eigenvalue weighted by molar-refractivity contribution is 7.09. The van der Waals surface area contributed by atoms with Gasteiger partial charge in [-0.25, -0.2) is 0 Å². The van der Waals surface area contributed by atoms with Gasteiger partial charge in [-0.1, -0.05) is 15.7 Å². The lowest BCUT2D eigenvalue weighted by Gasteiger charge is -1.99. The largest absolute Gasteiger partial charge is 0.329 e. The fourth-order valence-electron chi connectivity index (χ4n) is 1.00. The number of benzene rings is 1. The molecule has 0 aliphatic heterocycles. The van der Waals surface area contributed by atoms with Gasteiger partial charge in [-0.3, -0.25) is 10.1 Å². The zero-order chi connectivity index (χ0) is 10.7. The zero-order valence-corrected chi connectivity index (χ0v) is 8.14. The first-order valence-electron chi connectivity index (χ1n) is 3.92. The van der Waals surface area contributed by atoms with Crippen LogP contribution >= 0.6 is 11.5 Å². The Morgan fingerprint density at radius 1 is 1.47 bits per heavy atom. The first kappa shape index (κ1) is 9.46. The molecule has 0 atom stereocenters. The lowest BCUT2D eigenvalue weighted by molar-refractivity contribution is -0.384. The minimum atomic E-state index is -0.455. The predicted octanol–water partition coefficient (Wildman–Crippen LogP) is 1.58. The van der Waals surface area contributed by atoms with Gasteiger partial charge in [-0.2, -0.15) is 0 Å². The van der Waals surface area contributed by atoms with Crippen LogP contribution in [0.25, 0.3) is 0 Å². The zero-order valence-electron chi connectivity index (χ0n) is 7.32. The van der Waals surface area contributed by atoms with Gasteiger partial charge in [0, 0.05) is 29.4 Å². The van der Waals surface area contributed by atoms with Crippen LogP contribution < -0.4 is 5.32 Å². The number of hydrogen-bond donors (Lipinski definition) is 1. The summed E-state index contributed by atoms with van der Waals surface area (Å²) in [6.07, 6.45) is 0. The van der Waals surface area contributed by atoms with Crippen LogP contribution in [0, 0.1) is 10.1 Å². The van der Waals surface area contributed by atoms with Gasteiger partial charge in [0.05, 0.1) is 4.92 Å². The van der Waals surface area contributed by atoms with Crippen molar-refractivity contribution < 1.29 is 4.92 Å². The molecule has 0 unspecified atom stereocenters. The second-order valence-corrected chi connectivity index (χ2v) is 3.33. The smallest absolute Gasteiger partial charge is 0.271 e. The number of rotatable bonds is 3. The Hall–Kier alpha value is -2.09. The van der Waals surface area contributed by atoms with E-state index < -0.39 is 4.92 Å². The molecule has 1 N–H and O–H groups in total. The van der Waals surface area contributed by atoms with Crippen molar-refractivity contribution in [3.8, 4) is 0 Å².